The van der Waals surface area contributed by atoms with E-state index in [1.165, 1.54) is 0 Å². The van der Waals surface area contributed by atoms with Gasteiger partial charge < -0.3 is 10.2 Å². The van der Waals surface area contributed by atoms with Crippen LogP contribution in [0.3, 0.4) is 0 Å². The lowest BCUT2D eigenvalue weighted by Crippen LogP contribution is -2.36. The largest absolute Gasteiger partial charge is 0.335 e. The number of anilines is 1. The van der Waals surface area contributed by atoms with Crippen LogP contribution in [0.1, 0.15) is 31.7 Å². The second-order valence-electron chi connectivity index (χ2n) is 6.24. The van der Waals surface area contributed by atoms with Crippen molar-refractivity contribution in [1.82, 2.24) is 10.3 Å². The molecule has 0 aromatic heterocycles. The number of nitrogens with one attached hydrogen (secondary N) is 2. The van der Waals surface area contributed by atoms with Crippen LogP contribution in [0.5, 0.6) is 0 Å². The van der Waals surface area contributed by atoms with E-state index in [2.05, 4.69) is 20.8 Å². The van der Waals surface area contributed by atoms with Crippen LogP contribution in [0.4, 0.5) is 5.69 Å². The summed E-state index contributed by atoms with van der Waals surface area (Å²) in [6.07, 6.45) is 2.47. The van der Waals surface area contributed by atoms with Gasteiger partial charge in [0.15, 0.2) is 5.17 Å². The van der Waals surface area contributed by atoms with Gasteiger partial charge in [0, 0.05) is 31.0 Å². The summed E-state index contributed by atoms with van der Waals surface area (Å²) in [4.78, 5) is 29.5. The van der Waals surface area contributed by atoms with E-state index in [9.17, 15) is 9.59 Å². The number of thioether (sulfide) groups is 1. The highest BCUT2D eigenvalue weighted by atomic mass is 32.2. The van der Waals surface area contributed by atoms with Crippen LogP contribution >= 0.6 is 11.8 Å². The van der Waals surface area contributed by atoms with E-state index in [0.717, 1.165) is 41.6 Å². The molecule has 0 saturated carbocycles. The molecule has 1 aromatic carbocycles. The second kappa shape index (κ2) is 8.84. The minimum Gasteiger partial charge on any atom is -0.335 e. The zero-order valence-electron chi connectivity index (χ0n) is 14.8. The van der Waals surface area contributed by atoms with Crippen molar-refractivity contribution in [2.45, 2.75) is 26.2 Å². The fraction of sp³-hybridized carbons (Fsp3) is 0.444. The van der Waals surface area contributed by atoms with Crippen molar-refractivity contribution >= 4 is 40.1 Å². The summed E-state index contributed by atoms with van der Waals surface area (Å²) in [7, 11) is 0. The molecule has 8 heteroatoms. The van der Waals surface area contributed by atoms with Gasteiger partial charge in [0.05, 0.1) is 5.71 Å². The molecule has 138 valence electrons. The number of nitrogens with zero attached hydrogens (tertiary/aromatic N) is 3. The average molecular weight is 373 g/mol. The van der Waals surface area contributed by atoms with Crippen molar-refractivity contribution in [2.75, 3.05) is 30.7 Å². The van der Waals surface area contributed by atoms with E-state index >= 15 is 0 Å². The molecule has 26 heavy (non-hydrogen) atoms. The van der Waals surface area contributed by atoms with Gasteiger partial charge in [-0.1, -0.05) is 23.9 Å². The predicted molar refractivity (Wildman–Crippen MR) is 106 cm³/mol. The van der Waals surface area contributed by atoms with Gasteiger partial charge in [-0.2, -0.15) is 5.10 Å². The first-order valence-electron chi connectivity index (χ1n) is 8.77. The number of rotatable bonds is 5. The van der Waals surface area contributed by atoms with Crippen LogP contribution in [-0.2, 0) is 9.59 Å². The lowest BCUT2D eigenvalue weighted by Gasteiger charge is -2.14. The molecule has 1 aromatic rings. The van der Waals surface area contributed by atoms with E-state index in [4.69, 9.17) is 0 Å². The Morgan fingerprint density at radius 2 is 2.12 bits per heavy atom. The van der Waals surface area contributed by atoms with Gasteiger partial charge in [-0.05, 0) is 37.5 Å². The molecule has 1 saturated heterocycles. The number of carbonyl (C=O) groups excluding carboxylic acids is 2. The topological polar surface area (TPSA) is 86.2 Å². The van der Waals surface area contributed by atoms with Gasteiger partial charge >= 0.3 is 0 Å². The third-order valence-corrected chi connectivity index (χ3v) is 5.20. The number of aliphatic imine (C=N–C) groups is 1. The quantitative estimate of drug-likeness (QED) is 0.611. The minimum atomic E-state index is -0.273. The summed E-state index contributed by atoms with van der Waals surface area (Å²) >= 11 is 1.73. The number of amides is 2. The fourth-order valence-corrected chi connectivity index (χ4v) is 3.58. The maximum atomic E-state index is 11.9. The molecule has 2 N–H and O–H groups in total. The maximum Gasteiger partial charge on any atom is 0.259 e. The molecule has 0 unspecified atom stereocenters. The van der Waals surface area contributed by atoms with Crippen molar-refractivity contribution < 1.29 is 9.59 Å². The molecule has 0 bridgehead atoms. The number of hydrogen-bond donors (Lipinski definition) is 2. The van der Waals surface area contributed by atoms with Gasteiger partial charge in [-0.25, -0.2) is 5.43 Å². The smallest absolute Gasteiger partial charge is 0.259 e. The number of hydrogen-bond acceptors (Lipinski definition) is 6. The summed E-state index contributed by atoms with van der Waals surface area (Å²) < 4.78 is 0. The average Bonchev–Trinajstić information content (AvgIpc) is 3.06. The third-order valence-electron chi connectivity index (χ3n) is 4.20. The van der Waals surface area contributed by atoms with Gasteiger partial charge in [-0.15, -0.1) is 0 Å². The summed E-state index contributed by atoms with van der Waals surface area (Å²) in [6, 6.07) is 7.84. The molecule has 0 spiro atoms. The monoisotopic (exact) mass is 373 g/mol. The van der Waals surface area contributed by atoms with Crippen LogP contribution in [0.15, 0.2) is 34.4 Å². The second-order valence-corrected chi connectivity index (χ2v) is 7.33. The predicted octanol–water partition coefficient (Wildman–Crippen LogP) is 2.05. The highest BCUT2D eigenvalue weighted by Gasteiger charge is 2.22. The Hall–Kier alpha value is -2.35. The van der Waals surface area contributed by atoms with Gasteiger partial charge in [0.25, 0.3) is 5.91 Å². The lowest BCUT2D eigenvalue weighted by molar-refractivity contribution is -0.133. The van der Waals surface area contributed by atoms with E-state index in [1.807, 2.05) is 31.2 Å². The number of carbonyl (C=O) groups is 2. The van der Waals surface area contributed by atoms with Crippen LogP contribution in [0.2, 0.25) is 0 Å². The van der Waals surface area contributed by atoms with E-state index < -0.39 is 0 Å². The number of amidine groups is 1. The summed E-state index contributed by atoms with van der Waals surface area (Å²) in [6.45, 7) is 3.43. The molecule has 0 atom stereocenters. The van der Waals surface area contributed by atoms with Gasteiger partial charge in [0.1, 0.15) is 6.54 Å². The molecule has 2 heterocycles. The van der Waals surface area contributed by atoms with Gasteiger partial charge in [0.2, 0.25) is 5.91 Å². The Kier molecular flexibility index (Phi) is 6.27. The third kappa shape index (κ3) is 5.08. The zero-order valence-corrected chi connectivity index (χ0v) is 15.6. The van der Waals surface area contributed by atoms with Crippen LogP contribution < -0.4 is 10.7 Å². The summed E-state index contributed by atoms with van der Waals surface area (Å²) in [5.41, 5.74) is 5.14. The molecule has 2 aliphatic heterocycles. The SMILES string of the molecule is C/C(=N\NC(=O)CN1CCCC1=O)c1ccc(NC2=NCCCS2)cc1. The van der Waals surface area contributed by atoms with E-state index in [1.54, 1.807) is 16.7 Å². The molecule has 0 radical (unpaired) electrons. The maximum absolute atomic E-state index is 11.9. The first-order valence-corrected chi connectivity index (χ1v) is 9.76. The highest BCUT2D eigenvalue weighted by molar-refractivity contribution is 8.14. The van der Waals surface area contributed by atoms with Crippen LogP contribution in [0, 0.1) is 0 Å². The molecule has 3 rings (SSSR count). The molecule has 1 fully saturated rings. The molecule has 2 aliphatic rings. The standard InChI is InChI=1S/C18H23N5O2S/c1-13(21-22-16(24)12-23-10-2-4-17(23)25)14-5-7-15(8-6-14)20-18-19-9-3-11-26-18/h5-8H,2-4,9-12H2,1H3,(H,19,20)(H,22,24)/b21-13+. The van der Waals surface area contributed by atoms with E-state index in [0.29, 0.717) is 18.7 Å². The molecule has 2 amide bonds. The zero-order chi connectivity index (χ0) is 18.4. The van der Waals surface area contributed by atoms with Crippen molar-refractivity contribution in [3.05, 3.63) is 29.8 Å². The van der Waals surface area contributed by atoms with Crippen molar-refractivity contribution in [2.24, 2.45) is 10.1 Å². The number of hydrazone groups is 1. The first-order chi connectivity index (χ1) is 12.6. The van der Waals surface area contributed by atoms with Crippen molar-refractivity contribution in [1.29, 1.82) is 0 Å². The Labute approximate surface area is 157 Å². The van der Waals surface area contributed by atoms with Crippen LogP contribution in [-0.4, -0.2) is 53.0 Å². The summed E-state index contributed by atoms with van der Waals surface area (Å²) in [5.74, 6) is 0.855. The molecular weight excluding hydrogens is 350 g/mol. The van der Waals surface area contributed by atoms with Crippen LogP contribution in [0.25, 0.3) is 0 Å². The molecule has 0 aliphatic carbocycles. The Morgan fingerprint density at radius 3 is 2.77 bits per heavy atom. The first kappa shape index (κ1) is 18.4. The van der Waals surface area contributed by atoms with E-state index in [-0.39, 0.29) is 18.4 Å². The lowest BCUT2D eigenvalue weighted by atomic mass is 10.1. The fourth-order valence-electron chi connectivity index (χ4n) is 2.74. The Bertz CT molecular complexity index is 730. The highest BCUT2D eigenvalue weighted by Crippen LogP contribution is 2.17. The van der Waals surface area contributed by atoms with Gasteiger partial charge in [-0.3, -0.25) is 14.6 Å². The number of likely N-dealkylation sites (tertiary alicyclic amines) is 1. The number of benzene rings is 1. The minimum absolute atomic E-state index is 0.0321. The summed E-state index contributed by atoms with van der Waals surface area (Å²) in [5, 5.41) is 8.40. The normalized spacial score (nSPS) is 17.9. The van der Waals surface area contributed by atoms with Crippen molar-refractivity contribution in [3.8, 4) is 0 Å². The Morgan fingerprint density at radius 1 is 1.31 bits per heavy atom. The molecule has 7 nitrogen and oxygen atoms in total. The Balaban J connectivity index is 1.52. The van der Waals surface area contributed by atoms with Crippen molar-refractivity contribution in [3.63, 3.8) is 0 Å². The molecular formula is C18H23N5O2S.